The van der Waals surface area contributed by atoms with Crippen LogP contribution in [0.15, 0.2) is 24.4 Å². The summed E-state index contributed by atoms with van der Waals surface area (Å²) in [5.41, 5.74) is 3.53. The average molecular weight is 297 g/mol. The van der Waals surface area contributed by atoms with E-state index in [0.717, 1.165) is 24.6 Å². The van der Waals surface area contributed by atoms with Gasteiger partial charge >= 0.3 is 0 Å². The van der Waals surface area contributed by atoms with Gasteiger partial charge in [-0.2, -0.15) is 10.1 Å². The summed E-state index contributed by atoms with van der Waals surface area (Å²) < 4.78 is 0. The highest BCUT2D eigenvalue weighted by atomic mass is 15.3. The molecule has 0 bridgehead atoms. The van der Waals surface area contributed by atoms with Crippen molar-refractivity contribution in [2.75, 3.05) is 23.3 Å². The molecule has 0 atom stereocenters. The van der Waals surface area contributed by atoms with Gasteiger partial charge in [0.2, 0.25) is 5.95 Å². The Kier molecular flexibility index (Phi) is 4.51. The van der Waals surface area contributed by atoms with Crippen molar-refractivity contribution in [3.63, 3.8) is 0 Å². The Morgan fingerprint density at radius 1 is 1.00 bits per heavy atom. The maximum Gasteiger partial charge on any atom is 0.249 e. The summed E-state index contributed by atoms with van der Waals surface area (Å²) in [4.78, 5) is 6.94. The van der Waals surface area contributed by atoms with E-state index in [1.807, 2.05) is 6.07 Å². The Bertz CT molecular complexity index is 633. The highest BCUT2D eigenvalue weighted by molar-refractivity contribution is 5.56. The van der Waals surface area contributed by atoms with E-state index in [1.165, 1.54) is 36.8 Å². The molecule has 0 radical (unpaired) electrons. The standard InChI is InChI=1S/C17H23N5/c1-13-7-8-15(11-14(13)2)19-17-20-16(12-18-21-17)22-9-5-3-4-6-10-22/h7-8,11-12H,3-6,9-10H2,1-2H3,(H,19,20,21). The van der Waals surface area contributed by atoms with E-state index in [4.69, 9.17) is 0 Å². The molecule has 1 aromatic carbocycles. The first-order valence-electron chi connectivity index (χ1n) is 8.01. The minimum atomic E-state index is 0.560. The molecular weight excluding hydrogens is 274 g/mol. The zero-order valence-electron chi connectivity index (χ0n) is 13.3. The number of aryl methyl sites for hydroxylation is 2. The summed E-state index contributed by atoms with van der Waals surface area (Å²) in [6.45, 7) is 6.33. The van der Waals surface area contributed by atoms with Gasteiger partial charge in [0.1, 0.15) is 0 Å². The fourth-order valence-corrected chi connectivity index (χ4v) is 2.75. The molecule has 1 N–H and O–H groups in total. The number of benzene rings is 1. The van der Waals surface area contributed by atoms with Crippen LogP contribution < -0.4 is 10.2 Å². The lowest BCUT2D eigenvalue weighted by atomic mass is 10.1. The monoisotopic (exact) mass is 297 g/mol. The molecule has 22 heavy (non-hydrogen) atoms. The van der Waals surface area contributed by atoms with Crippen LogP contribution in [0.5, 0.6) is 0 Å². The van der Waals surface area contributed by atoms with Crippen LogP contribution in [0.2, 0.25) is 0 Å². The molecule has 2 heterocycles. The van der Waals surface area contributed by atoms with Crippen molar-refractivity contribution in [1.82, 2.24) is 15.2 Å². The van der Waals surface area contributed by atoms with Crippen LogP contribution in [0.1, 0.15) is 36.8 Å². The summed E-state index contributed by atoms with van der Waals surface area (Å²) in [5.74, 6) is 1.48. The topological polar surface area (TPSA) is 53.9 Å². The van der Waals surface area contributed by atoms with Gasteiger partial charge in [-0.05, 0) is 49.9 Å². The van der Waals surface area contributed by atoms with E-state index in [-0.39, 0.29) is 0 Å². The molecule has 1 aromatic heterocycles. The van der Waals surface area contributed by atoms with Gasteiger partial charge in [-0.1, -0.05) is 18.9 Å². The molecule has 0 unspecified atom stereocenters. The minimum Gasteiger partial charge on any atom is -0.355 e. The smallest absolute Gasteiger partial charge is 0.249 e. The van der Waals surface area contributed by atoms with Gasteiger partial charge in [-0.3, -0.25) is 0 Å². The van der Waals surface area contributed by atoms with Crippen molar-refractivity contribution in [2.45, 2.75) is 39.5 Å². The molecular formula is C17H23N5. The summed E-state index contributed by atoms with van der Waals surface area (Å²) in [7, 11) is 0. The van der Waals surface area contributed by atoms with Gasteiger partial charge in [-0.25, -0.2) is 0 Å². The third-order valence-electron chi connectivity index (χ3n) is 4.24. The summed E-state index contributed by atoms with van der Waals surface area (Å²) in [6, 6.07) is 6.26. The van der Waals surface area contributed by atoms with Gasteiger partial charge < -0.3 is 10.2 Å². The lowest BCUT2D eigenvalue weighted by Gasteiger charge is -2.21. The third-order valence-corrected chi connectivity index (χ3v) is 4.24. The molecule has 1 aliphatic heterocycles. The van der Waals surface area contributed by atoms with Gasteiger partial charge in [0.15, 0.2) is 5.82 Å². The van der Waals surface area contributed by atoms with Crippen LogP contribution in [0, 0.1) is 13.8 Å². The van der Waals surface area contributed by atoms with Crippen LogP contribution in [0.3, 0.4) is 0 Å². The van der Waals surface area contributed by atoms with Crippen LogP contribution in [-0.4, -0.2) is 28.3 Å². The van der Waals surface area contributed by atoms with Gasteiger partial charge in [-0.15, -0.1) is 5.10 Å². The lowest BCUT2D eigenvalue weighted by molar-refractivity contribution is 0.726. The average Bonchev–Trinajstić information content (AvgIpc) is 2.80. The molecule has 116 valence electrons. The van der Waals surface area contributed by atoms with Crippen molar-refractivity contribution < 1.29 is 0 Å². The first-order valence-corrected chi connectivity index (χ1v) is 8.01. The molecule has 0 amide bonds. The van der Waals surface area contributed by atoms with Crippen LogP contribution >= 0.6 is 0 Å². The highest BCUT2D eigenvalue weighted by Crippen LogP contribution is 2.20. The Morgan fingerprint density at radius 2 is 1.77 bits per heavy atom. The predicted octanol–water partition coefficient (Wildman–Crippen LogP) is 3.61. The van der Waals surface area contributed by atoms with Crippen molar-refractivity contribution >= 4 is 17.5 Å². The molecule has 2 aromatic rings. The summed E-state index contributed by atoms with van der Waals surface area (Å²) in [5, 5.41) is 11.5. The second-order valence-electron chi connectivity index (χ2n) is 5.96. The third kappa shape index (κ3) is 3.53. The number of nitrogens with one attached hydrogen (secondary N) is 1. The molecule has 1 aliphatic rings. The van der Waals surface area contributed by atoms with E-state index in [9.17, 15) is 0 Å². The Labute approximate surface area is 131 Å². The maximum atomic E-state index is 4.63. The molecule has 1 saturated heterocycles. The Balaban J connectivity index is 1.76. The summed E-state index contributed by atoms with van der Waals surface area (Å²) >= 11 is 0. The predicted molar refractivity (Wildman–Crippen MR) is 89.7 cm³/mol. The zero-order valence-corrected chi connectivity index (χ0v) is 13.3. The zero-order chi connectivity index (χ0) is 15.4. The van der Waals surface area contributed by atoms with Crippen LogP contribution in [0.25, 0.3) is 0 Å². The molecule has 5 nitrogen and oxygen atoms in total. The number of anilines is 3. The van der Waals surface area contributed by atoms with Crippen LogP contribution in [-0.2, 0) is 0 Å². The van der Waals surface area contributed by atoms with E-state index in [0.29, 0.717) is 5.95 Å². The second kappa shape index (κ2) is 6.73. The number of rotatable bonds is 3. The molecule has 5 heteroatoms. The molecule has 0 aliphatic carbocycles. The van der Waals surface area contributed by atoms with Crippen molar-refractivity contribution in [3.8, 4) is 0 Å². The number of hydrogen-bond acceptors (Lipinski definition) is 5. The lowest BCUT2D eigenvalue weighted by Crippen LogP contribution is -2.25. The van der Waals surface area contributed by atoms with Gasteiger partial charge in [0, 0.05) is 18.8 Å². The summed E-state index contributed by atoms with van der Waals surface area (Å²) in [6.07, 6.45) is 6.83. The quantitative estimate of drug-likeness (QED) is 0.938. The molecule has 0 saturated carbocycles. The van der Waals surface area contributed by atoms with Gasteiger partial charge in [0.25, 0.3) is 0 Å². The minimum absolute atomic E-state index is 0.560. The van der Waals surface area contributed by atoms with E-state index >= 15 is 0 Å². The fourth-order valence-electron chi connectivity index (χ4n) is 2.75. The molecule has 0 spiro atoms. The van der Waals surface area contributed by atoms with E-state index in [1.54, 1.807) is 6.20 Å². The number of aromatic nitrogens is 3. The largest absolute Gasteiger partial charge is 0.355 e. The van der Waals surface area contributed by atoms with Gasteiger partial charge in [0.05, 0.1) is 6.20 Å². The normalized spacial score (nSPS) is 15.5. The SMILES string of the molecule is Cc1ccc(Nc2nncc(N3CCCCCC3)n2)cc1C. The second-order valence-corrected chi connectivity index (χ2v) is 5.96. The van der Waals surface area contributed by atoms with Crippen molar-refractivity contribution in [1.29, 1.82) is 0 Å². The van der Waals surface area contributed by atoms with Crippen LogP contribution in [0.4, 0.5) is 17.5 Å². The molecule has 1 fully saturated rings. The first kappa shape index (κ1) is 14.8. The first-order chi connectivity index (χ1) is 10.7. The highest BCUT2D eigenvalue weighted by Gasteiger charge is 2.12. The van der Waals surface area contributed by atoms with E-state index < -0.39 is 0 Å². The maximum absolute atomic E-state index is 4.63. The van der Waals surface area contributed by atoms with E-state index in [2.05, 4.69) is 51.4 Å². The fraction of sp³-hybridized carbons (Fsp3) is 0.471. The number of hydrogen-bond donors (Lipinski definition) is 1. The molecule has 3 rings (SSSR count). The van der Waals surface area contributed by atoms with Crippen molar-refractivity contribution in [3.05, 3.63) is 35.5 Å². The number of nitrogens with zero attached hydrogens (tertiary/aromatic N) is 4. The van der Waals surface area contributed by atoms with Crippen molar-refractivity contribution in [2.24, 2.45) is 0 Å². The Hall–Kier alpha value is -2.17. The Morgan fingerprint density at radius 3 is 2.50 bits per heavy atom.